The number of sulfonamides is 1. The Hall–Kier alpha value is -2.96. The van der Waals surface area contributed by atoms with Crippen LogP contribution in [0.25, 0.3) is 11.4 Å². The maximum Gasteiger partial charge on any atom is 0.243 e. The number of aryl methyl sites for hydroxylation is 1. The number of nitrogens with zero attached hydrogens (tertiary/aromatic N) is 5. The minimum absolute atomic E-state index is 0.0529. The quantitative estimate of drug-likeness (QED) is 0.413. The van der Waals surface area contributed by atoms with Gasteiger partial charge in [-0.3, -0.25) is 4.79 Å². The van der Waals surface area contributed by atoms with Crippen molar-refractivity contribution in [1.29, 1.82) is 0 Å². The molecule has 2 N–H and O–H groups in total. The second kappa shape index (κ2) is 9.49. The fourth-order valence-electron chi connectivity index (χ4n) is 3.46. The Kier molecular flexibility index (Phi) is 6.68. The number of carbonyl (C=O) groups excluding carboxylic acids is 1. The van der Waals surface area contributed by atoms with Crippen molar-refractivity contribution in [2.75, 3.05) is 37.8 Å². The van der Waals surface area contributed by atoms with E-state index in [4.69, 9.17) is 5.84 Å². The number of piperazine rings is 1. The van der Waals surface area contributed by atoms with Gasteiger partial charge in [-0.15, -0.1) is 10.2 Å². The molecule has 0 saturated carbocycles. The monoisotopic (exact) mass is 490 g/mol. The zero-order valence-corrected chi connectivity index (χ0v) is 19.5. The number of carbonyl (C=O) groups is 1. The highest BCUT2D eigenvalue weighted by atomic mass is 32.2. The molecule has 174 valence electrons. The summed E-state index contributed by atoms with van der Waals surface area (Å²) < 4.78 is 42.2. The standard InChI is InChI=1S/C21H23FN6O3S2/c1-15-6-8-16(9-7-15)33(30,31)27-12-10-26(11-13-27)19(29)14-32-21-25-24-20(28(21)23)17-4-2-3-5-18(17)22/h2-9H,10-14,23H2,1H3. The number of nitrogens with two attached hydrogens (primary N) is 1. The van der Waals surface area contributed by atoms with Crippen LogP contribution < -0.4 is 5.84 Å². The second-order valence-corrected chi connectivity index (χ2v) is 10.4. The van der Waals surface area contributed by atoms with Crippen molar-refractivity contribution in [2.45, 2.75) is 17.0 Å². The highest BCUT2D eigenvalue weighted by Gasteiger charge is 2.30. The molecule has 1 aromatic heterocycles. The maximum atomic E-state index is 14.0. The Labute approximate surface area is 195 Å². The third-order valence-electron chi connectivity index (χ3n) is 5.35. The number of amides is 1. The van der Waals surface area contributed by atoms with Gasteiger partial charge in [-0.1, -0.05) is 41.6 Å². The van der Waals surface area contributed by atoms with E-state index >= 15 is 0 Å². The number of rotatable bonds is 6. The first kappa shape index (κ1) is 23.2. The van der Waals surface area contributed by atoms with Crippen LogP contribution in [0.1, 0.15) is 5.56 Å². The molecule has 2 aromatic carbocycles. The molecule has 9 nitrogen and oxygen atoms in total. The number of thioether (sulfide) groups is 1. The molecule has 0 aliphatic carbocycles. The van der Waals surface area contributed by atoms with E-state index in [-0.39, 0.29) is 46.2 Å². The highest BCUT2D eigenvalue weighted by Crippen LogP contribution is 2.24. The molecule has 3 aromatic rings. The Bertz CT molecular complexity index is 1260. The number of aromatic nitrogens is 3. The SMILES string of the molecule is Cc1ccc(S(=O)(=O)N2CCN(C(=O)CSc3nnc(-c4ccccc4F)n3N)CC2)cc1. The van der Waals surface area contributed by atoms with Crippen LogP contribution in [-0.2, 0) is 14.8 Å². The molecule has 4 rings (SSSR count). The molecule has 0 bridgehead atoms. The van der Waals surface area contributed by atoms with Crippen LogP contribution in [0.15, 0.2) is 58.6 Å². The predicted octanol–water partition coefficient (Wildman–Crippen LogP) is 1.73. The van der Waals surface area contributed by atoms with Gasteiger partial charge in [-0.2, -0.15) is 4.31 Å². The zero-order chi connectivity index (χ0) is 23.6. The highest BCUT2D eigenvalue weighted by molar-refractivity contribution is 7.99. The molecule has 0 atom stereocenters. The molecule has 1 saturated heterocycles. The first-order valence-electron chi connectivity index (χ1n) is 10.2. The number of nitrogen functional groups attached to an aromatic ring is 1. The average molecular weight is 491 g/mol. The van der Waals surface area contributed by atoms with E-state index in [9.17, 15) is 17.6 Å². The molecular weight excluding hydrogens is 467 g/mol. The lowest BCUT2D eigenvalue weighted by atomic mass is 10.2. The third-order valence-corrected chi connectivity index (χ3v) is 8.19. The molecule has 1 aliphatic heterocycles. The van der Waals surface area contributed by atoms with Crippen LogP contribution in [-0.4, -0.2) is 70.3 Å². The molecule has 12 heteroatoms. The average Bonchev–Trinajstić information content (AvgIpc) is 3.18. The van der Waals surface area contributed by atoms with Crippen LogP contribution in [0.4, 0.5) is 4.39 Å². The van der Waals surface area contributed by atoms with Gasteiger partial charge in [0.05, 0.1) is 16.2 Å². The Morgan fingerprint density at radius 2 is 1.73 bits per heavy atom. The molecule has 1 aliphatic rings. The summed E-state index contributed by atoms with van der Waals surface area (Å²) in [5, 5.41) is 8.18. The van der Waals surface area contributed by atoms with E-state index in [1.165, 1.54) is 10.4 Å². The fraction of sp³-hybridized carbons (Fsp3) is 0.286. The van der Waals surface area contributed by atoms with Gasteiger partial charge in [0.15, 0.2) is 5.82 Å². The van der Waals surface area contributed by atoms with E-state index in [1.807, 2.05) is 6.92 Å². The van der Waals surface area contributed by atoms with Gasteiger partial charge in [0.25, 0.3) is 0 Å². The molecule has 1 amide bonds. The minimum atomic E-state index is -3.59. The van der Waals surface area contributed by atoms with Gasteiger partial charge in [0, 0.05) is 26.2 Å². The van der Waals surface area contributed by atoms with Crippen LogP contribution in [0.2, 0.25) is 0 Å². The van der Waals surface area contributed by atoms with E-state index in [2.05, 4.69) is 10.2 Å². The van der Waals surface area contributed by atoms with Crippen molar-refractivity contribution < 1.29 is 17.6 Å². The van der Waals surface area contributed by atoms with Gasteiger partial charge in [-0.05, 0) is 31.2 Å². The molecule has 0 unspecified atom stereocenters. The van der Waals surface area contributed by atoms with Gasteiger partial charge in [0.1, 0.15) is 5.82 Å². The first-order chi connectivity index (χ1) is 15.8. The van der Waals surface area contributed by atoms with Crippen LogP contribution in [0.3, 0.4) is 0 Å². The predicted molar refractivity (Wildman–Crippen MR) is 123 cm³/mol. The normalized spacial score (nSPS) is 15.0. The topological polar surface area (TPSA) is 114 Å². The summed E-state index contributed by atoms with van der Waals surface area (Å²) >= 11 is 1.09. The van der Waals surface area contributed by atoms with Crippen molar-refractivity contribution in [3.8, 4) is 11.4 Å². The van der Waals surface area contributed by atoms with E-state index in [0.29, 0.717) is 13.1 Å². The molecule has 33 heavy (non-hydrogen) atoms. The lowest BCUT2D eigenvalue weighted by Crippen LogP contribution is -2.51. The van der Waals surface area contributed by atoms with Crippen LogP contribution in [0, 0.1) is 12.7 Å². The lowest BCUT2D eigenvalue weighted by molar-refractivity contribution is -0.129. The summed E-state index contributed by atoms with van der Waals surface area (Å²) in [4.78, 5) is 14.5. The summed E-state index contributed by atoms with van der Waals surface area (Å²) in [6.07, 6.45) is 0. The summed E-state index contributed by atoms with van der Waals surface area (Å²) in [5.74, 6) is 5.59. The molecule has 0 spiro atoms. The van der Waals surface area contributed by atoms with E-state index in [0.717, 1.165) is 22.0 Å². The number of benzene rings is 2. The van der Waals surface area contributed by atoms with Crippen LogP contribution in [0.5, 0.6) is 0 Å². The molecular formula is C21H23FN6O3S2. The van der Waals surface area contributed by atoms with Crippen molar-refractivity contribution in [1.82, 2.24) is 24.1 Å². The van der Waals surface area contributed by atoms with E-state index < -0.39 is 15.8 Å². The molecule has 1 fully saturated rings. The number of halogens is 1. The van der Waals surface area contributed by atoms with Crippen molar-refractivity contribution in [3.05, 3.63) is 59.9 Å². The lowest BCUT2D eigenvalue weighted by Gasteiger charge is -2.34. The minimum Gasteiger partial charge on any atom is -0.339 e. The summed E-state index contributed by atoms with van der Waals surface area (Å²) in [6.45, 7) is 2.92. The number of hydrogen-bond acceptors (Lipinski definition) is 7. The Morgan fingerprint density at radius 1 is 1.06 bits per heavy atom. The van der Waals surface area contributed by atoms with Crippen molar-refractivity contribution in [3.63, 3.8) is 0 Å². The van der Waals surface area contributed by atoms with E-state index in [1.54, 1.807) is 47.4 Å². The second-order valence-electron chi connectivity index (χ2n) is 7.54. The third kappa shape index (κ3) is 4.87. The smallest absolute Gasteiger partial charge is 0.243 e. The van der Waals surface area contributed by atoms with Crippen LogP contribution >= 0.6 is 11.8 Å². The van der Waals surface area contributed by atoms with Gasteiger partial charge in [0.2, 0.25) is 21.1 Å². The van der Waals surface area contributed by atoms with Gasteiger partial charge < -0.3 is 10.7 Å². The summed E-state index contributed by atoms with van der Waals surface area (Å²) in [6, 6.07) is 12.8. The van der Waals surface area contributed by atoms with Gasteiger partial charge >= 0.3 is 0 Å². The fourth-order valence-corrected chi connectivity index (χ4v) is 5.64. The summed E-state index contributed by atoms with van der Waals surface area (Å²) in [7, 11) is -3.59. The van der Waals surface area contributed by atoms with Crippen molar-refractivity contribution >= 4 is 27.7 Å². The molecule has 2 heterocycles. The number of hydrogen-bond donors (Lipinski definition) is 1. The van der Waals surface area contributed by atoms with Crippen molar-refractivity contribution in [2.24, 2.45) is 0 Å². The summed E-state index contributed by atoms with van der Waals surface area (Å²) in [5.41, 5.74) is 1.20. The largest absolute Gasteiger partial charge is 0.339 e. The Morgan fingerprint density at radius 3 is 2.39 bits per heavy atom. The van der Waals surface area contributed by atoms with Gasteiger partial charge in [-0.25, -0.2) is 17.5 Å². The Balaban J connectivity index is 1.34. The molecule has 0 radical (unpaired) electrons. The first-order valence-corrected chi connectivity index (χ1v) is 12.6. The zero-order valence-electron chi connectivity index (χ0n) is 17.9. The maximum absolute atomic E-state index is 14.0.